The standard InChI is InChI=1S/C18H24N4O/c23-16(12-22-10-8-19-9-11-22)17-14-4-1-2-5-15(14)20-13-18(17)6-3-7-21-18/h1-2,4-5,19,21H,3,6-13H2/i13D. The summed E-state index contributed by atoms with van der Waals surface area (Å²) in [7, 11) is 0. The average molecular weight is 313 g/mol. The van der Waals surface area contributed by atoms with Gasteiger partial charge in [0.25, 0.3) is 0 Å². The molecule has 5 nitrogen and oxygen atoms in total. The number of Topliss-reactive ketones (excluding diaryl/α,β-unsaturated/α-hetero) is 1. The lowest BCUT2D eigenvalue weighted by Crippen LogP contribution is -2.56. The van der Waals surface area contributed by atoms with Crippen LogP contribution >= 0.6 is 0 Å². The van der Waals surface area contributed by atoms with Crippen LogP contribution in [0.2, 0.25) is 0 Å². The van der Waals surface area contributed by atoms with Crippen LogP contribution in [0.3, 0.4) is 0 Å². The third kappa shape index (κ3) is 2.73. The number of hydrogen-bond donors (Lipinski definition) is 2. The van der Waals surface area contributed by atoms with Crippen LogP contribution in [0.4, 0.5) is 0 Å². The SMILES string of the molecule is [2H]C1N=c2ccccc2=C(C(=O)CN2CCNCC2)C12CCCN2. The van der Waals surface area contributed by atoms with E-state index in [9.17, 15) is 4.79 Å². The fraction of sp³-hybridized carbons (Fsp3) is 0.556. The van der Waals surface area contributed by atoms with Crippen molar-refractivity contribution in [1.29, 1.82) is 0 Å². The number of nitrogens with one attached hydrogen (secondary N) is 2. The van der Waals surface area contributed by atoms with E-state index in [0.29, 0.717) is 6.54 Å². The van der Waals surface area contributed by atoms with Crippen molar-refractivity contribution < 1.29 is 6.17 Å². The van der Waals surface area contributed by atoms with E-state index >= 15 is 0 Å². The van der Waals surface area contributed by atoms with Crippen LogP contribution in [-0.4, -0.2) is 62.0 Å². The van der Waals surface area contributed by atoms with Crippen LogP contribution in [-0.2, 0) is 4.79 Å². The highest BCUT2D eigenvalue weighted by atomic mass is 16.1. The number of nitrogens with zero attached hydrogens (tertiary/aromatic N) is 2. The van der Waals surface area contributed by atoms with Crippen LogP contribution in [0.1, 0.15) is 14.2 Å². The van der Waals surface area contributed by atoms with Crippen LogP contribution in [0.5, 0.6) is 0 Å². The lowest BCUT2D eigenvalue weighted by atomic mass is 9.82. The van der Waals surface area contributed by atoms with Gasteiger partial charge in [-0.15, -0.1) is 0 Å². The zero-order chi connectivity index (χ0) is 16.6. The van der Waals surface area contributed by atoms with Crippen LogP contribution < -0.4 is 21.2 Å². The Labute approximate surface area is 137 Å². The van der Waals surface area contributed by atoms with Crippen LogP contribution in [0.25, 0.3) is 5.57 Å². The van der Waals surface area contributed by atoms with Gasteiger partial charge in [0.05, 0.1) is 25.3 Å². The normalized spacial score (nSPS) is 31.6. The van der Waals surface area contributed by atoms with Gasteiger partial charge in [0.1, 0.15) is 0 Å². The van der Waals surface area contributed by atoms with E-state index in [4.69, 9.17) is 1.37 Å². The molecule has 0 saturated carbocycles. The van der Waals surface area contributed by atoms with E-state index in [2.05, 4.69) is 20.5 Å². The Hall–Kier alpha value is -1.56. The van der Waals surface area contributed by atoms with E-state index in [0.717, 1.165) is 61.7 Å². The summed E-state index contributed by atoms with van der Waals surface area (Å²) in [6.45, 7) is 4.28. The molecule has 2 fully saturated rings. The maximum atomic E-state index is 13.3. The van der Waals surface area contributed by atoms with Crippen molar-refractivity contribution in [1.82, 2.24) is 15.5 Å². The van der Waals surface area contributed by atoms with Gasteiger partial charge in [-0.1, -0.05) is 18.2 Å². The second-order valence-electron chi connectivity index (χ2n) is 6.60. The second kappa shape index (κ2) is 6.15. The highest BCUT2D eigenvalue weighted by Crippen LogP contribution is 2.30. The first-order valence-electron chi connectivity index (χ1n) is 9.10. The number of carbonyl (C=O) groups excluding carboxylic acids is 1. The lowest BCUT2D eigenvalue weighted by Gasteiger charge is -2.34. The molecule has 2 atom stereocenters. The summed E-state index contributed by atoms with van der Waals surface area (Å²) in [4.78, 5) is 20.0. The number of piperazine rings is 1. The third-order valence-corrected chi connectivity index (χ3v) is 5.09. The molecule has 2 unspecified atom stereocenters. The lowest BCUT2D eigenvalue weighted by molar-refractivity contribution is -0.115. The highest BCUT2D eigenvalue weighted by molar-refractivity contribution is 6.19. The van der Waals surface area contributed by atoms with Gasteiger partial charge in [-0.3, -0.25) is 14.7 Å². The van der Waals surface area contributed by atoms with Crippen LogP contribution in [0, 0.1) is 0 Å². The van der Waals surface area contributed by atoms with Crippen molar-refractivity contribution in [2.24, 2.45) is 4.99 Å². The Morgan fingerprint density at radius 2 is 2.13 bits per heavy atom. The molecule has 122 valence electrons. The Morgan fingerprint density at radius 3 is 2.91 bits per heavy atom. The van der Waals surface area contributed by atoms with Gasteiger partial charge in [0.2, 0.25) is 0 Å². The van der Waals surface area contributed by atoms with E-state index in [1.807, 2.05) is 24.3 Å². The molecule has 3 aliphatic rings. The number of rotatable bonds is 3. The fourth-order valence-corrected chi connectivity index (χ4v) is 3.92. The Morgan fingerprint density at radius 1 is 1.30 bits per heavy atom. The van der Waals surface area contributed by atoms with Gasteiger partial charge >= 0.3 is 0 Å². The largest absolute Gasteiger partial charge is 0.314 e. The molecule has 1 spiro atoms. The van der Waals surface area contributed by atoms with Gasteiger partial charge in [0, 0.05) is 37.0 Å². The molecule has 2 saturated heterocycles. The van der Waals surface area contributed by atoms with Crippen molar-refractivity contribution >= 4 is 11.4 Å². The minimum atomic E-state index is -0.656. The molecule has 1 aromatic carbocycles. The molecule has 0 aliphatic carbocycles. The fourth-order valence-electron chi connectivity index (χ4n) is 3.92. The number of ketones is 1. The molecule has 3 heterocycles. The maximum Gasteiger partial charge on any atom is 0.175 e. The predicted octanol–water partition coefficient (Wildman–Crippen LogP) is -0.933. The number of para-hydroxylation sites is 1. The summed E-state index contributed by atoms with van der Waals surface area (Å²) >= 11 is 0. The molecule has 5 heteroatoms. The molecule has 0 aromatic heterocycles. The highest BCUT2D eigenvalue weighted by Gasteiger charge is 2.42. The molecule has 0 radical (unpaired) electrons. The molecule has 23 heavy (non-hydrogen) atoms. The first-order chi connectivity index (χ1) is 11.7. The molecule has 1 aromatic rings. The van der Waals surface area contributed by atoms with E-state index in [1.54, 1.807) is 0 Å². The maximum absolute atomic E-state index is 13.3. The van der Waals surface area contributed by atoms with Gasteiger partial charge in [-0.2, -0.15) is 0 Å². The number of benzene rings is 1. The van der Waals surface area contributed by atoms with Crippen LogP contribution in [0.15, 0.2) is 29.3 Å². The summed E-state index contributed by atoms with van der Waals surface area (Å²) in [5, 5.41) is 8.47. The molecule has 4 rings (SSSR count). The van der Waals surface area contributed by atoms with Crippen molar-refractivity contribution in [2.45, 2.75) is 18.4 Å². The smallest absolute Gasteiger partial charge is 0.175 e. The molecular formula is C18H24N4O. The molecule has 0 amide bonds. The Balaban J connectivity index is 1.78. The predicted molar refractivity (Wildman–Crippen MR) is 89.8 cm³/mol. The first kappa shape index (κ1) is 13.8. The van der Waals surface area contributed by atoms with Crippen molar-refractivity contribution in [2.75, 3.05) is 45.8 Å². The summed E-state index contributed by atoms with van der Waals surface area (Å²) in [5.74, 6) is 0.144. The molecule has 0 bridgehead atoms. The number of carbonyl (C=O) groups is 1. The zero-order valence-electron chi connectivity index (χ0n) is 14.3. The van der Waals surface area contributed by atoms with Crippen molar-refractivity contribution in [3.8, 4) is 0 Å². The third-order valence-electron chi connectivity index (χ3n) is 5.09. The van der Waals surface area contributed by atoms with E-state index in [1.165, 1.54) is 0 Å². The zero-order valence-corrected chi connectivity index (χ0v) is 13.3. The number of fused-ring (bicyclic) bond motifs is 1. The molecule has 2 N–H and O–H groups in total. The van der Waals surface area contributed by atoms with Crippen molar-refractivity contribution in [3.63, 3.8) is 0 Å². The van der Waals surface area contributed by atoms with Gasteiger partial charge < -0.3 is 10.6 Å². The van der Waals surface area contributed by atoms with Gasteiger partial charge in [0.15, 0.2) is 5.78 Å². The average Bonchev–Trinajstić information content (AvgIpc) is 3.07. The Kier molecular flexibility index (Phi) is 3.70. The minimum Gasteiger partial charge on any atom is -0.314 e. The van der Waals surface area contributed by atoms with E-state index < -0.39 is 12.1 Å². The number of hydrogen-bond acceptors (Lipinski definition) is 5. The van der Waals surface area contributed by atoms with Gasteiger partial charge in [-0.05, 0) is 25.5 Å². The Bertz CT molecular complexity index is 751. The summed E-state index contributed by atoms with van der Waals surface area (Å²) in [6.07, 6.45) is 1.79. The monoisotopic (exact) mass is 313 g/mol. The quantitative estimate of drug-likeness (QED) is 0.757. The van der Waals surface area contributed by atoms with Crippen molar-refractivity contribution in [3.05, 3.63) is 34.8 Å². The minimum absolute atomic E-state index is 0.144. The summed E-state index contributed by atoms with van der Waals surface area (Å²) in [5.41, 5.74) is 0.170. The molecular weight excluding hydrogens is 288 g/mol. The van der Waals surface area contributed by atoms with E-state index in [-0.39, 0.29) is 5.78 Å². The second-order valence-corrected chi connectivity index (χ2v) is 6.60. The first-order valence-corrected chi connectivity index (χ1v) is 8.52. The summed E-state index contributed by atoms with van der Waals surface area (Å²) < 4.78 is 8.57. The topological polar surface area (TPSA) is 56.7 Å². The molecule has 3 aliphatic heterocycles. The summed E-state index contributed by atoms with van der Waals surface area (Å²) in [6, 6.07) is 7.78. The van der Waals surface area contributed by atoms with Gasteiger partial charge in [-0.25, -0.2) is 0 Å².